The predicted octanol–water partition coefficient (Wildman–Crippen LogP) is 4.04. The monoisotopic (exact) mass is 384 g/mol. The topological polar surface area (TPSA) is 92.5 Å². The van der Waals surface area contributed by atoms with Gasteiger partial charge in [0.1, 0.15) is 5.82 Å². The molecule has 0 unspecified atom stereocenters. The number of anilines is 1. The van der Waals surface area contributed by atoms with E-state index in [0.29, 0.717) is 11.7 Å². The summed E-state index contributed by atoms with van der Waals surface area (Å²) in [5.41, 5.74) is 12.3. The molecule has 6 heteroatoms. The lowest BCUT2D eigenvalue weighted by atomic mass is 9.90. The van der Waals surface area contributed by atoms with Crippen molar-refractivity contribution in [2.24, 2.45) is 0 Å². The molecule has 0 aliphatic carbocycles. The van der Waals surface area contributed by atoms with Crippen molar-refractivity contribution in [1.29, 1.82) is 0 Å². The van der Waals surface area contributed by atoms with E-state index in [0.717, 1.165) is 64.8 Å². The van der Waals surface area contributed by atoms with Crippen LogP contribution in [0.2, 0.25) is 0 Å². The van der Waals surface area contributed by atoms with Crippen LogP contribution in [0.3, 0.4) is 0 Å². The van der Waals surface area contributed by atoms with Gasteiger partial charge in [0.25, 0.3) is 0 Å². The SMILES string of the molecule is Cc1nc(-c2cc(-c3cn[nH]c3C3CCNCC3)cnc2N)cc2ccccc12. The van der Waals surface area contributed by atoms with E-state index in [2.05, 4.69) is 44.8 Å². The first-order valence-electron chi connectivity index (χ1n) is 10.1. The van der Waals surface area contributed by atoms with Gasteiger partial charge < -0.3 is 11.1 Å². The van der Waals surface area contributed by atoms with E-state index in [1.54, 1.807) is 0 Å². The van der Waals surface area contributed by atoms with E-state index in [1.807, 2.05) is 31.5 Å². The Morgan fingerprint density at radius 2 is 1.86 bits per heavy atom. The minimum absolute atomic E-state index is 0.482. The van der Waals surface area contributed by atoms with Gasteiger partial charge in [-0.2, -0.15) is 5.10 Å². The molecule has 4 heterocycles. The highest BCUT2D eigenvalue weighted by Crippen LogP contribution is 2.35. The summed E-state index contributed by atoms with van der Waals surface area (Å²) in [4.78, 5) is 9.31. The summed E-state index contributed by atoms with van der Waals surface area (Å²) in [6.07, 6.45) is 5.95. The minimum atomic E-state index is 0.482. The van der Waals surface area contributed by atoms with E-state index in [-0.39, 0.29) is 0 Å². The van der Waals surface area contributed by atoms with Crippen LogP contribution in [-0.2, 0) is 0 Å². The second-order valence-corrected chi connectivity index (χ2v) is 7.69. The molecule has 0 bridgehead atoms. The number of aromatic amines is 1. The fraction of sp³-hybridized carbons (Fsp3) is 0.261. The van der Waals surface area contributed by atoms with Crippen LogP contribution < -0.4 is 11.1 Å². The maximum atomic E-state index is 6.27. The number of benzene rings is 1. The van der Waals surface area contributed by atoms with E-state index in [4.69, 9.17) is 10.7 Å². The minimum Gasteiger partial charge on any atom is -0.383 e. The normalized spacial score (nSPS) is 15.1. The number of fused-ring (bicyclic) bond motifs is 1. The molecule has 0 saturated carbocycles. The van der Waals surface area contributed by atoms with Crippen molar-refractivity contribution in [2.45, 2.75) is 25.7 Å². The molecular weight excluding hydrogens is 360 g/mol. The smallest absolute Gasteiger partial charge is 0.132 e. The molecule has 4 N–H and O–H groups in total. The Morgan fingerprint density at radius 1 is 1.03 bits per heavy atom. The fourth-order valence-corrected chi connectivity index (χ4v) is 4.29. The fourth-order valence-electron chi connectivity index (χ4n) is 4.29. The van der Waals surface area contributed by atoms with Gasteiger partial charge in [0.2, 0.25) is 0 Å². The molecule has 1 saturated heterocycles. The highest BCUT2D eigenvalue weighted by Gasteiger charge is 2.21. The zero-order valence-electron chi connectivity index (χ0n) is 16.4. The van der Waals surface area contributed by atoms with Gasteiger partial charge in [-0.1, -0.05) is 24.3 Å². The van der Waals surface area contributed by atoms with Crippen LogP contribution in [0.25, 0.3) is 33.2 Å². The van der Waals surface area contributed by atoms with E-state index in [9.17, 15) is 0 Å². The van der Waals surface area contributed by atoms with E-state index < -0.39 is 0 Å². The second kappa shape index (κ2) is 7.29. The van der Waals surface area contributed by atoms with Gasteiger partial charge in [-0.3, -0.25) is 10.1 Å². The predicted molar refractivity (Wildman–Crippen MR) is 117 cm³/mol. The number of hydrogen-bond donors (Lipinski definition) is 3. The molecule has 0 spiro atoms. The van der Waals surface area contributed by atoms with E-state index >= 15 is 0 Å². The van der Waals surface area contributed by atoms with Gasteiger partial charge in [0.15, 0.2) is 0 Å². The lowest BCUT2D eigenvalue weighted by molar-refractivity contribution is 0.453. The number of aromatic nitrogens is 4. The molecule has 5 rings (SSSR count). The van der Waals surface area contributed by atoms with Gasteiger partial charge in [-0.05, 0) is 50.4 Å². The largest absolute Gasteiger partial charge is 0.383 e. The number of nitrogen functional groups attached to an aromatic ring is 1. The lowest BCUT2D eigenvalue weighted by Crippen LogP contribution is -2.27. The molecule has 1 aromatic carbocycles. The van der Waals surface area contributed by atoms with Crippen LogP contribution in [0.4, 0.5) is 5.82 Å². The van der Waals surface area contributed by atoms with Gasteiger partial charge in [0.05, 0.1) is 11.9 Å². The van der Waals surface area contributed by atoms with Crippen LogP contribution in [-0.4, -0.2) is 33.3 Å². The number of H-pyrrole nitrogens is 1. The van der Waals surface area contributed by atoms with Crippen molar-refractivity contribution in [3.8, 4) is 22.4 Å². The molecule has 3 aromatic heterocycles. The van der Waals surface area contributed by atoms with Crippen molar-refractivity contribution in [2.75, 3.05) is 18.8 Å². The molecule has 29 heavy (non-hydrogen) atoms. The Labute approximate surface area is 169 Å². The quantitative estimate of drug-likeness (QED) is 0.496. The van der Waals surface area contributed by atoms with Gasteiger partial charge >= 0.3 is 0 Å². The average Bonchev–Trinajstić information content (AvgIpc) is 3.25. The third-order valence-corrected chi connectivity index (χ3v) is 5.85. The number of aryl methyl sites for hydroxylation is 1. The number of nitrogens with zero attached hydrogens (tertiary/aromatic N) is 3. The highest BCUT2D eigenvalue weighted by atomic mass is 15.1. The maximum Gasteiger partial charge on any atom is 0.132 e. The van der Waals surface area contributed by atoms with Crippen LogP contribution in [0.5, 0.6) is 0 Å². The second-order valence-electron chi connectivity index (χ2n) is 7.69. The van der Waals surface area contributed by atoms with Gasteiger partial charge in [0, 0.05) is 45.6 Å². The molecular formula is C23H24N6. The number of rotatable bonds is 3. The molecule has 1 fully saturated rings. The van der Waals surface area contributed by atoms with Crippen LogP contribution in [0, 0.1) is 6.92 Å². The lowest BCUT2D eigenvalue weighted by Gasteiger charge is -2.22. The zero-order valence-corrected chi connectivity index (χ0v) is 16.4. The van der Waals surface area contributed by atoms with Gasteiger partial charge in [-0.15, -0.1) is 0 Å². The van der Waals surface area contributed by atoms with Crippen molar-refractivity contribution in [1.82, 2.24) is 25.5 Å². The summed E-state index contributed by atoms with van der Waals surface area (Å²) in [6, 6.07) is 12.5. The van der Waals surface area contributed by atoms with E-state index in [1.165, 1.54) is 5.69 Å². The number of nitrogens with one attached hydrogen (secondary N) is 2. The number of hydrogen-bond acceptors (Lipinski definition) is 5. The van der Waals surface area contributed by atoms with Gasteiger partial charge in [-0.25, -0.2) is 4.98 Å². The van der Waals surface area contributed by atoms with Crippen molar-refractivity contribution in [3.05, 3.63) is 60.2 Å². The maximum absolute atomic E-state index is 6.27. The molecule has 1 aliphatic rings. The molecule has 6 nitrogen and oxygen atoms in total. The Bertz CT molecular complexity index is 1170. The standard InChI is InChI=1S/C23H24N6/c1-14-18-5-3-2-4-16(18)11-21(28-14)19-10-17(12-26-23(19)24)20-13-27-29-22(20)15-6-8-25-9-7-15/h2-5,10-13,15,25H,6-9H2,1H3,(H2,24,26)(H,27,29). The van der Waals surface area contributed by atoms with Crippen LogP contribution in [0.15, 0.2) is 48.8 Å². The molecule has 0 atom stereocenters. The summed E-state index contributed by atoms with van der Waals surface area (Å²) in [5, 5.41) is 13.3. The molecule has 0 radical (unpaired) electrons. The first kappa shape index (κ1) is 17.8. The van der Waals surface area contributed by atoms with Crippen LogP contribution in [0.1, 0.15) is 30.1 Å². The number of pyridine rings is 2. The Balaban J connectivity index is 1.60. The van der Waals surface area contributed by atoms with Crippen molar-refractivity contribution < 1.29 is 0 Å². The van der Waals surface area contributed by atoms with Crippen molar-refractivity contribution in [3.63, 3.8) is 0 Å². The third kappa shape index (κ3) is 3.25. The average molecular weight is 384 g/mol. The molecule has 4 aromatic rings. The number of nitrogens with two attached hydrogens (primary N) is 1. The summed E-state index contributed by atoms with van der Waals surface area (Å²) in [6.45, 7) is 4.11. The first-order valence-corrected chi connectivity index (χ1v) is 10.1. The molecule has 0 amide bonds. The van der Waals surface area contributed by atoms with Crippen molar-refractivity contribution >= 4 is 16.6 Å². The third-order valence-electron chi connectivity index (χ3n) is 5.85. The Morgan fingerprint density at radius 3 is 2.72 bits per heavy atom. The highest BCUT2D eigenvalue weighted by molar-refractivity contribution is 5.89. The summed E-state index contributed by atoms with van der Waals surface area (Å²) in [5.74, 6) is 0.971. The summed E-state index contributed by atoms with van der Waals surface area (Å²) < 4.78 is 0. The Kier molecular flexibility index (Phi) is 4.48. The summed E-state index contributed by atoms with van der Waals surface area (Å²) >= 11 is 0. The number of piperidine rings is 1. The van der Waals surface area contributed by atoms with Crippen LogP contribution >= 0.6 is 0 Å². The molecule has 1 aliphatic heterocycles. The molecule has 146 valence electrons. The summed E-state index contributed by atoms with van der Waals surface area (Å²) in [7, 11) is 0. The zero-order chi connectivity index (χ0) is 19.8. The first-order chi connectivity index (χ1) is 14.2. The Hall–Kier alpha value is -3.25.